The van der Waals surface area contributed by atoms with Crippen LogP contribution in [0.4, 0.5) is 0 Å². The van der Waals surface area contributed by atoms with E-state index in [1.807, 2.05) is 0 Å². The van der Waals surface area contributed by atoms with Gasteiger partial charge in [-0.2, -0.15) is 0 Å². The van der Waals surface area contributed by atoms with E-state index in [1.165, 1.54) is 0 Å². The van der Waals surface area contributed by atoms with Crippen LogP contribution in [0.3, 0.4) is 0 Å². The third kappa shape index (κ3) is 4.39. The molecule has 0 rings (SSSR count). The zero-order valence-corrected chi connectivity index (χ0v) is 5.96. The number of aliphatic hydroxyl groups excluding tert-OH is 2. The molecule has 3 N–H and O–H groups in total. The van der Waals surface area contributed by atoms with Crippen molar-refractivity contribution in [3.05, 3.63) is 0 Å². The first kappa shape index (κ1) is 8.88. The zero-order valence-electron chi connectivity index (χ0n) is 5.96. The van der Waals surface area contributed by atoms with Crippen LogP contribution >= 0.6 is 0 Å². The van der Waals surface area contributed by atoms with E-state index in [2.05, 4.69) is 5.32 Å². The summed E-state index contributed by atoms with van der Waals surface area (Å²) in [7, 11) is 1.77. The van der Waals surface area contributed by atoms with Crippen molar-refractivity contribution in [2.75, 3.05) is 13.7 Å². The molecule has 0 bridgehead atoms. The first-order chi connectivity index (χ1) is 4.20. The molecular weight excluding hydrogens is 118 g/mol. The molecular formula is C6H15NO2. The molecule has 9 heavy (non-hydrogen) atoms. The zero-order chi connectivity index (χ0) is 7.28. The van der Waals surface area contributed by atoms with Gasteiger partial charge in [0.05, 0.1) is 12.7 Å². The fourth-order valence-electron chi connectivity index (χ4n) is 0.695. The van der Waals surface area contributed by atoms with E-state index in [0.29, 0.717) is 6.42 Å². The predicted molar refractivity (Wildman–Crippen MR) is 36.2 cm³/mol. The average Bonchev–Trinajstić information content (AvgIpc) is 1.82. The molecule has 0 aromatic heterocycles. The van der Waals surface area contributed by atoms with Crippen molar-refractivity contribution in [2.24, 2.45) is 0 Å². The Morgan fingerprint density at radius 3 is 2.22 bits per heavy atom. The molecule has 3 heteroatoms. The van der Waals surface area contributed by atoms with Gasteiger partial charge in [-0.3, -0.25) is 0 Å². The van der Waals surface area contributed by atoms with Gasteiger partial charge in [-0.1, -0.05) is 0 Å². The van der Waals surface area contributed by atoms with Crippen molar-refractivity contribution in [3.63, 3.8) is 0 Å². The van der Waals surface area contributed by atoms with Crippen molar-refractivity contribution in [2.45, 2.75) is 25.5 Å². The van der Waals surface area contributed by atoms with Gasteiger partial charge in [-0.15, -0.1) is 0 Å². The molecule has 0 fully saturated rings. The molecule has 0 saturated carbocycles. The lowest BCUT2D eigenvalue weighted by molar-refractivity contribution is 0.145. The molecule has 0 radical (unpaired) electrons. The maximum absolute atomic E-state index is 8.83. The van der Waals surface area contributed by atoms with Crippen molar-refractivity contribution in [1.29, 1.82) is 0 Å². The summed E-state index contributed by atoms with van der Waals surface area (Å²) in [5, 5.41) is 20.3. The van der Waals surface area contributed by atoms with Crippen molar-refractivity contribution in [3.8, 4) is 0 Å². The second-order valence-electron chi connectivity index (χ2n) is 2.25. The second kappa shape index (κ2) is 4.73. The highest BCUT2D eigenvalue weighted by Crippen LogP contribution is 1.94. The molecule has 56 valence electrons. The minimum Gasteiger partial charge on any atom is -0.395 e. The smallest absolute Gasteiger partial charge is 0.0585 e. The minimum absolute atomic E-state index is 0.0324. The van der Waals surface area contributed by atoms with Crippen LogP contribution in [0.5, 0.6) is 0 Å². The van der Waals surface area contributed by atoms with E-state index in [9.17, 15) is 0 Å². The summed E-state index contributed by atoms with van der Waals surface area (Å²) >= 11 is 0. The maximum Gasteiger partial charge on any atom is 0.0585 e. The lowest BCUT2D eigenvalue weighted by atomic mass is 10.1. The van der Waals surface area contributed by atoms with Crippen molar-refractivity contribution < 1.29 is 10.2 Å². The molecule has 0 aromatic carbocycles. The predicted octanol–water partition coefficient (Wildman–Crippen LogP) is -0.662. The Balaban J connectivity index is 3.31. The van der Waals surface area contributed by atoms with E-state index in [4.69, 9.17) is 10.2 Å². The van der Waals surface area contributed by atoms with Gasteiger partial charge in [0.2, 0.25) is 0 Å². The second-order valence-corrected chi connectivity index (χ2v) is 2.25. The lowest BCUT2D eigenvalue weighted by Gasteiger charge is -2.13. The highest BCUT2D eigenvalue weighted by molar-refractivity contribution is 4.64. The lowest BCUT2D eigenvalue weighted by Crippen LogP contribution is -2.32. The molecule has 0 aromatic rings. The first-order valence-corrected chi connectivity index (χ1v) is 3.17. The van der Waals surface area contributed by atoms with Gasteiger partial charge in [-0.25, -0.2) is 0 Å². The molecule has 0 saturated heterocycles. The van der Waals surface area contributed by atoms with Gasteiger partial charge in [0.1, 0.15) is 0 Å². The van der Waals surface area contributed by atoms with Gasteiger partial charge in [0, 0.05) is 6.04 Å². The number of hydrogen-bond acceptors (Lipinski definition) is 3. The third-order valence-electron chi connectivity index (χ3n) is 1.25. The van der Waals surface area contributed by atoms with Gasteiger partial charge >= 0.3 is 0 Å². The van der Waals surface area contributed by atoms with E-state index >= 15 is 0 Å². The van der Waals surface area contributed by atoms with Crippen LogP contribution in [-0.2, 0) is 0 Å². The van der Waals surface area contributed by atoms with E-state index in [-0.39, 0.29) is 18.8 Å². The number of aliphatic hydroxyl groups is 2. The standard InChI is InChI=1S/C6H15NO2/c1-5(9)3-6(4-8)7-2/h5-9H,3-4H2,1-2H3. The van der Waals surface area contributed by atoms with Crippen LogP contribution in [0.15, 0.2) is 0 Å². The fourth-order valence-corrected chi connectivity index (χ4v) is 0.695. The highest BCUT2D eigenvalue weighted by Gasteiger charge is 2.06. The molecule has 0 heterocycles. The summed E-state index contributed by atoms with van der Waals surface area (Å²) in [4.78, 5) is 0. The molecule has 3 nitrogen and oxygen atoms in total. The van der Waals surface area contributed by atoms with Crippen LogP contribution < -0.4 is 5.32 Å². The van der Waals surface area contributed by atoms with Gasteiger partial charge in [-0.05, 0) is 20.4 Å². The molecule has 2 atom stereocenters. The molecule has 0 aliphatic carbocycles. The Labute approximate surface area is 55.7 Å². The van der Waals surface area contributed by atoms with Crippen LogP contribution in [0.25, 0.3) is 0 Å². The van der Waals surface area contributed by atoms with Gasteiger partial charge < -0.3 is 15.5 Å². The Morgan fingerprint density at radius 1 is 1.56 bits per heavy atom. The van der Waals surface area contributed by atoms with Crippen LogP contribution in [0.1, 0.15) is 13.3 Å². The van der Waals surface area contributed by atoms with Gasteiger partial charge in [0.15, 0.2) is 0 Å². The van der Waals surface area contributed by atoms with Crippen LogP contribution in [0.2, 0.25) is 0 Å². The SMILES string of the molecule is CNC(CO)CC(C)O. The fraction of sp³-hybridized carbons (Fsp3) is 1.00. The summed E-state index contributed by atoms with van der Waals surface area (Å²) < 4.78 is 0. The molecule has 2 unspecified atom stereocenters. The Morgan fingerprint density at radius 2 is 2.11 bits per heavy atom. The Kier molecular flexibility index (Phi) is 4.67. The number of hydrogen-bond donors (Lipinski definition) is 3. The minimum atomic E-state index is -0.338. The number of nitrogens with one attached hydrogen (secondary N) is 1. The molecule has 0 amide bonds. The van der Waals surface area contributed by atoms with Crippen LogP contribution in [-0.4, -0.2) is 36.0 Å². The van der Waals surface area contributed by atoms with Crippen molar-refractivity contribution >= 4 is 0 Å². The first-order valence-electron chi connectivity index (χ1n) is 3.17. The average molecular weight is 133 g/mol. The number of likely N-dealkylation sites (N-methyl/N-ethyl adjacent to an activating group) is 1. The molecule has 0 aliphatic heterocycles. The highest BCUT2D eigenvalue weighted by atomic mass is 16.3. The monoisotopic (exact) mass is 133 g/mol. The summed E-state index contributed by atoms with van der Waals surface area (Å²) in [5.74, 6) is 0. The van der Waals surface area contributed by atoms with Gasteiger partial charge in [0.25, 0.3) is 0 Å². The largest absolute Gasteiger partial charge is 0.395 e. The molecule has 0 aliphatic rings. The van der Waals surface area contributed by atoms with Crippen LogP contribution in [0, 0.1) is 0 Å². The van der Waals surface area contributed by atoms with Crippen molar-refractivity contribution in [1.82, 2.24) is 5.32 Å². The summed E-state index contributed by atoms with van der Waals surface area (Å²) in [6, 6.07) is 0.0324. The number of rotatable bonds is 4. The summed E-state index contributed by atoms with van der Waals surface area (Å²) in [5.41, 5.74) is 0. The summed E-state index contributed by atoms with van der Waals surface area (Å²) in [6.45, 7) is 1.79. The van der Waals surface area contributed by atoms with E-state index in [1.54, 1.807) is 14.0 Å². The quantitative estimate of drug-likeness (QED) is 0.477. The Bertz CT molecular complexity index is 62.1. The van der Waals surface area contributed by atoms with E-state index < -0.39 is 0 Å². The Hall–Kier alpha value is -0.120. The molecule has 0 spiro atoms. The third-order valence-corrected chi connectivity index (χ3v) is 1.25. The topological polar surface area (TPSA) is 52.5 Å². The maximum atomic E-state index is 8.83. The summed E-state index contributed by atoms with van der Waals surface area (Å²) in [6.07, 6.45) is 0.266. The normalized spacial score (nSPS) is 17.3. The van der Waals surface area contributed by atoms with E-state index in [0.717, 1.165) is 0 Å².